The molecule has 1 heterocycles. The SMILES string of the molecule is CCN(C(=O)COC(=O)Cc1ccc(OC)cc1)c1nc2ccccc2s1. The first kappa shape index (κ1) is 18.8. The monoisotopic (exact) mass is 384 g/mol. The van der Waals surface area contributed by atoms with Crippen molar-refractivity contribution in [1.29, 1.82) is 0 Å². The van der Waals surface area contributed by atoms with Gasteiger partial charge in [0.15, 0.2) is 11.7 Å². The molecule has 140 valence electrons. The first-order valence-corrected chi connectivity index (χ1v) is 9.37. The number of para-hydroxylation sites is 1. The Hall–Kier alpha value is -2.93. The van der Waals surface area contributed by atoms with Crippen LogP contribution in [0.3, 0.4) is 0 Å². The van der Waals surface area contributed by atoms with E-state index in [0.29, 0.717) is 11.7 Å². The van der Waals surface area contributed by atoms with E-state index in [-0.39, 0.29) is 18.9 Å². The van der Waals surface area contributed by atoms with Crippen molar-refractivity contribution in [2.45, 2.75) is 13.3 Å². The largest absolute Gasteiger partial charge is 0.497 e. The van der Waals surface area contributed by atoms with Crippen LogP contribution in [-0.2, 0) is 20.7 Å². The van der Waals surface area contributed by atoms with Gasteiger partial charge in [-0.05, 0) is 36.8 Å². The van der Waals surface area contributed by atoms with Gasteiger partial charge in [-0.25, -0.2) is 4.98 Å². The Morgan fingerprint density at radius 3 is 2.52 bits per heavy atom. The Bertz CT molecular complexity index is 904. The highest BCUT2D eigenvalue weighted by atomic mass is 32.1. The molecule has 0 aliphatic heterocycles. The van der Waals surface area contributed by atoms with Crippen LogP contribution in [0.1, 0.15) is 12.5 Å². The molecule has 6 nitrogen and oxygen atoms in total. The molecule has 0 fully saturated rings. The first-order valence-electron chi connectivity index (χ1n) is 8.55. The summed E-state index contributed by atoms with van der Waals surface area (Å²) in [7, 11) is 1.58. The summed E-state index contributed by atoms with van der Waals surface area (Å²) in [5.74, 6) is -0.0229. The molecule has 1 amide bonds. The average molecular weight is 384 g/mol. The minimum Gasteiger partial charge on any atom is -0.497 e. The Morgan fingerprint density at radius 1 is 1.11 bits per heavy atom. The van der Waals surface area contributed by atoms with Crippen molar-refractivity contribution in [3.8, 4) is 5.75 Å². The number of amides is 1. The number of anilines is 1. The number of nitrogens with zero attached hydrogens (tertiary/aromatic N) is 2. The number of methoxy groups -OCH3 is 1. The van der Waals surface area contributed by atoms with E-state index in [0.717, 1.165) is 21.5 Å². The molecule has 27 heavy (non-hydrogen) atoms. The van der Waals surface area contributed by atoms with Crippen LogP contribution in [0.15, 0.2) is 48.5 Å². The number of carbonyl (C=O) groups excluding carboxylic acids is 2. The van der Waals surface area contributed by atoms with E-state index >= 15 is 0 Å². The quantitative estimate of drug-likeness (QED) is 0.584. The molecule has 0 bridgehead atoms. The maximum absolute atomic E-state index is 12.5. The summed E-state index contributed by atoms with van der Waals surface area (Å²) in [6.07, 6.45) is 0.102. The number of carbonyl (C=O) groups is 2. The zero-order chi connectivity index (χ0) is 19.2. The molecule has 0 N–H and O–H groups in total. The van der Waals surface area contributed by atoms with Crippen LogP contribution in [0.5, 0.6) is 5.75 Å². The molecule has 2 aromatic carbocycles. The van der Waals surface area contributed by atoms with Crippen molar-refractivity contribution in [2.24, 2.45) is 0 Å². The van der Waals surface area contributed by atoms with E-state index in [9.17, 15) is 9.59 Å². The highest BCUT2D eigenvalue weighted by molar-refractivity contribution is 7.22. The number of esters is 1. The van der Waals surface area contributed by atoms with Gasteiger partial charge in [-0.1, -0.05) is 35.6 Å². The van der Waals surface area contributed by atoms with Gasteiger partial charge in [-0.3, -0.25) is 14.5 Å². The fourth-order valence-corrected chi connectivity index (χ4v) is 3.62. The number of likely N-dealkylation sites (N-methyl/N-ethyl adjacent to an activating group) is 1. The second-order valence-corrected chi connectivity index (χ2v) is 6.80. The Kier molecular flexibility index (Phi) is 6.03. The maximum Gasteiger partial charge on any atom is 0.310 e. The zero-order valence-electron chi connectivity index (χ0n) is 15.2. The molecule has 0 aliphatic carbocycles. The summed E-state index contributed by atoms with van der Waals surface area (Å²) in [6.45, 7) is 2.01. The third-order valence-corrected chi connectivity index (χ3v) is 5.05. The maximum atomic E-state index is 12.5. The van der Waals surface area contributed by atoms with Crippen LogP contribution in [0, 0.1) is 0 Å². The summed E-state index contributed by atoms with van der Waals surface area (Å²) in [5, 5.41) is 0.606. The van der Waals surface area contributed by atoms with E-state index in [1.54, 1.807) is 31.4 Å². The van der Waals surface area contributed by atoms with Crippen molar-refractivity contribution in [3.05, 3.63) is 54.1 Å². The summed E-state index contributed by atoms with van der Waals surface area (Å²) in [6, 6.07) is 14.8. The van der Waals surface area contributed by atoms with Crippen LogP contribution in [0.4, 0.5) is 5.13 Å². The van der Waals surface area contributed by atoms with Gasteiger partial charge in [-0.15, -0.1) is 0 Å². The van der Waals surface area contributed by atoms with Gasteiger partial charge in [0.1, 0.15) is 5.75 Å². The Balaban J connectivity index is 1.58. The van der Waals surface area contributed by atoms with Crippen molar-refractivity contribution in [2.75, 3.05) is 25.2 Å². The third-order valence-electron chi connectivity index (χ3n) is 3.99. The highest BCUT2D eigenvalue weighted by Gasteiger charge is 2.19. The predicted molar refractivity (Wildman–Crippen MR) is 105 cm³/mol. The number of aromatic nitrogens is 1. The lowest BCUT2D eigenvalue weighted by atomic mass is 10.1. The number of fused-ring (bicyclic) bond motifs is 1. The van der Waals surface area contributed by atoms with Gasteiger partial charge in [0.25, 0.3) is 5.91 Å². The molecule has 0 saturated heterocycles. The molecule has 0 unspecified atom stereocenters. The van der Waals surface area contributed by atoms with Gasteiger partial charge in [0.2, 0.25) is 0 Å². The van der Waals surface area contributed by atoms with Crippen LogP contribution in [0.2, 0.25) is 0 Å². The molecule has 3 rings (SSSR count). The number of ether oxygens (including phenoxy) is 2. The topological polar surface area (TPSA) is 68.7 Å². The van der Waals surface area contributed by atoms with E-state index in [2.05, 4.69) is 4.98 Å². The first-order chi connectivity index (χ1) is 13.1. The van der Waals surface area contributed by atoms with E-state index in [1.165, 1.54) is 16.2 Å². The Morgan fingerprint density at radius 2 is 1.85 bits per heavy atom. The number of rotatable bonds is 7. The molecule has 1 aromatic heterocycles. The second-order valence-electron chi connectivity index (χ2n) is 5.79. The standard InChI is InChI=1S/C20H20N2O4S/c1-3-22(20-21-16-6-4-5-7-17(16)27-20)18(23)13-26-19(24)12-14-8-10-15(25-2)11-9-14/h4-11H,3,12-13H2,1-2H3. The van der Waals surface area contributed by atoms with Gasteiger partial charge in [-0.2, -0.15) is 0 Å². The number of hydrogen-bond donors (Lipinski definition) is 0. The number of thiazole rings is 1. The summed E-state index contributed by atoms with van der Waals surface area (Å²) < 4.78 is 11.3. The minimum atomic E-state index is -0.450. The van der Waals surface area contributed by atoms with Crippen molar-refractivity contribution < 1.29 is 19.1 Å². The summed E-state index contributed by atoms with van der Waals surface area (Å²) >= 11 is 1.44. The van der Waals surface area contributed by atoms with Crippen molar-refractivity contribution in [1.82, 2.24) is 4.98 Å². The fourth-order valence-electron chi connectivity index (χ4n) is 2.58. The highest BCUT2D eigenvalue weighted by Crippen LogP contribution is 2.28. The predicted octanol–water partition coefficient (Wildman–Crippen LogP) is 3.44. The molecule has 0 aliphatic rings. The van der Waals surface area contributed by atoms with Crippen molar-refractivity contribution >= 4 is 38.6 Å². The van der Waals surface area contributed by atoms with E-state index in [1.807, 2.05) is 31.2 Å². The second kappa shape index (κ2) is 8.64. The van der Waals surface area contributed by atoms with Gasteiger partial charge < -0.3 is 9.47 Å². The van der Waals surface area contributed by atoms with Crippen LogP contribution >= 0.6 is 11.3 Å². The van der Waals surface area contributed by atoms with Gasteiger partial charge in [0, 0.05) is 6.54 Å². The molecular formula is C20H20N2O4S. The molecule has 0 radical (unpaired) electrons. The lowest BCUT2D eigenvalue weighted by molar-refractivity contribution is -0.147. The summed E-state index contributed by atoms with van der Waals surface area (Å²) in [4.78, 5) is 30.5. The number of hydrogen-bond acceptors (Lipinski definition) is 6. The minimum absolute atomic E-state index is 0.102. The number of benzene rings is 2. The summed E-state index contributed by atoms with van der Waals surface area (Å²) in [5.41, 5.74) is 1.65. The third kappa shape index (κ3) is 4.62. The zero-order valence-corrected chi connectivity index (χ0v) is 16.0. The average Bonchev–Trinajstić information content (AvgIpc) is 3.11. The normalized spacial score (nSPS) is 10.6. The molecular weight excluding hydrogens is 364 g/mol. The molecule has 0 atom stereocenters. The molecule has 7 heteroatoms. The van der Waals surface area contributed by atoms with Crippen LogP contribution in [0.25, 0.3) is 10.2 Å². The fraction of sp³-hybridized carbons (Fsp3) is 0.250. The smallest absolute Gasteiger partial charge is 0.310 e. The lowest BCUT2D eigenvalue weighted by Gasteiger charge is -2.17. The molecule has 3 aromatic rings. The van der Waals surface area contributed by atoms with Gasteiger partial charge >= 0.3 is 5.97 Å². The Labute approximate surface area is 161 Å². The molecule has 0 saturated carbocycles. The molecule has 0 spiro atoms. The van der Waals surface area contributed by atoms with Gasteiger partial charge in [0.05, 0.1) is 23.7 Å². The van der Waals surface area contributed by atoms with Crippen LogP contribution < -0.4 is 9.64 Å². The van der Waals surface area contributed by atoms with Crippen molar-refractivity contribution in [3.63, 3.8) is 0 Å². The lowest BCUT2D eigenvalue weighted by Crippen LogP contribution is -2.34. The van der Waals surface area contributed by atoms with E-state index in [4.69, 9.17) is 9.47 Å². The van der Waals surface area contributed by atoms with Crippen LogP contribution in [-0.4, -0.2) is 37.1 Å². The van der Waals surface area contributed by atoms with E-state index < -0.39 is 5.97 Å².